The summed E-state index contributed by atoms with van der Waals surface area (Å²) in [5.74, 6) is 0. The molecule has 2 nitrogen and oxygen atoms in total. The van der Waals surface area contributed by atoms with Gasteiger partial charge in [0, 0.05) is 26.1 Å². The Kier molecular flexibility index (Phi) is 2.83. The molecular formula is C9H13FN2. The lowest BCUT2D eigenvalue weighted by molar-refractivity contribution is 0.236. The van der Waals surface area contributed by atoms with E-state index in [2.05, 4.69) is 0 Å². The van der Waals surface area contributed by atoms with Crippen LogP contribution in [-0.2, 0) is 0 Å². The molecule has 0 aromatic rings. The van der Waals surface area contributed by atoms with E-state index in [9.17, 15) is 4.39 Å². The van der Waals surface area contributed by atoms with Gasteiger partial charge in [0.1, 0.15) is 6.07 Å². The number of rotatable bonds is 2. The lowest BCUT2D eigenvalue weighted by Crippen LogP contribution is -2.27. The Balaban J connectivity index is 2.41. The Morgan fingerprint density at radius 2 is 2.50 bits per heavy atom. The first-order chi connectivity index (χ1) is 5.70. The number of likely N-dealkylation sites (tertiary alicyclic amines) is 1. The smallest absolute Gasteiger partial charge is 0.209 e. The summed E-state index contributed by atoms with van der Waals surface area (Å²) in [6.07, 6.45) is 4.26. The number of hydrogen-bond donors (Lipinski definition) is 0. The predicted molar refractivity (Wildman–Crippen MR) is 45.3 cm³/mol. The van der Waals surface area contributed by atoms with Gasteiger partial charge in [0.15, 0.2) is 0 Å². The van der Waals surface area contributed by atoms with E-state index in [4.69, 9.17) is 5.26 Å². The fraction of sp³-hybridized carbons (Fsp3) is 0.667. The second-order valence-electron chi connectivity index (χ2n) is 3.13. The van der Waals surface area contributed by atoms with Crippen LogP contribution in [0.25, 0.3) is 0 Å². The molecule has 1 atom stereocenters. The van der Waals surface area contributed by atoms with Crippen molar-refractivity contribution in [1.29, 1.82) is 5.26 Å². The second-order valence-corrected chi connectivity index (χ2v) is 3.13. The molecule has 0 bridgehead atoms. The SMILES string of the molecule is C/C=C/CN1CCC(F)(C#N)C1. The van der Waals surface area contributed by atoms with Crippen molar-refractivity contribution >= 4 is 0 Å². The van der Waals surface area contributed by atoms with Gasteiger partial charge in [-0.05, 0) is 6.92 Å². The molecule has 0 saturated carbocycles. The molecule has 1 fully saturated rings. The molecule has 0 amide bonds. The van der Waals surface area contributed by atoms with Gasteiger partial charge in [-0.2, -0.15) is 5.26 Å². The number of nitrogens with zero attached hydrogens (tertiary/aromatic N) is 2. The highest BCUT2D eigenvalue weighted by Gasteiger charge is 2.37. The third-order valence-electron chi connectivity index (χ3n) is 2.10. The molecule has 66 valence electrons. The van der Waals surface area contributed by atoms with Gasteiger partial charge in [-0.15, -0.1) is 0 Å². The Labute approximate surface area is 72.3 Å². The van der Waals surface area contributed by atoms with Crippen molar-refractivity contribution in [3.8, 4) is 6.07 Å². The Bertz CT molecular complexity index is 219. The fourth-order valence-electron chi connectivity index (χ4n) is 1.35. The average molecular weight is 168 g/mol. The van der Waals surface area contributed by atoms with Crippen LogP contribution >= 0.6 is 0 Å². The van der Waals surface area contributed by atoms with E-state index < -0.39 is 5.67 Å². The monoisotopic (exact) mass is 168 g/mol. The zero-order valence-electron chi connectivity index (χ0n) is 7.26. The van der Waals surface area contributed by atoms with Crippen LogP contribution in [-0.4, -0.2) is 30.2 Å². The highest BCUT2D eigenvalue weighted by molar-refractivity contribution is 5.07. The number of hydrogen-bond acceptors (Lipinski definition) is 2. The summed E-state index contributed by atoms with van der Waals surface area (Å²) in [7, 11) is 0. The standard InChI is InChI=1S/C9H13FN2/c1-2-3-5-12-6-4-9(10,7-11)8-12/h2-3H,4-6,8H2,1H3/b3-2+. The summed E-state index contributed by atoms with van der Waals surface area (Å²) >= 11 is 0. The molecule has 0 radical (unpaired) electrons. The van der Waals surface area contributed by atoms with Crippen LogP contribution in [0.1, 0.15) is 13.3 Å². The van der Waals surface area contributed by atoms with Crippen LogP contribution in [0.3, 0.4) is 0 Å². The zero-order valence-corrected chi connectivity index (χ0v) is 7.26. The topological polar surface area (TPSA) is 27.0 Å². The van der Waals surface area contributed by atoms with Crippen molar-refractivity contribution < 1.29 is 4.39 Å². The quantitative estimate of drug-likeness (QED) is 0.584. The van der Waals surface area contributed by atoms with Crippen molar-refractivity contribution in [2.45, 2.75) is 19.0 Å². The normalized spacial score (nSPS) is 31.1. The summed E-state index contributed by atoms with van der Waals surface area (Å²) in [4.78, 5) is 1.95. The van der Waals surface area contributed by atoms with Gasteiger partial charge in [-0.25, -0.2) is 4.39 Å². The van der Waals surface area contributed by atoms with E-state index >= 15 is 0 Å². The van der Waals surface area contributed by atoms with Crippen LogP contribution in [0.5, 0.6) is 0 Å². The summed E-state index contributed by atoms with van der Waals surface area (Å²) < 4.78 is 13.3. The van der Waals surface area contributed by atoms with Crippen molar-refractivity contribution in [2.24, 2.45) is 0 Å². The molecule has 0 spiro atoms. The van der Waals surface area contributed by atoms with Gasteiger partial charge in [-0.1, -0.05) is 12.2 Å². The maximum absolute atomic E-state index is 13.3. The number of alkyl halides is 1. The molecule has 0 N–H and O–H groups in total. The van der Waals surface area contributed by atoms with Crippen LogP contribution in [0.4, 0.5) is 4.39 Å². The lowest BCUT2D eigenvalue weighted by Gasteiger charge is -2.12. The maximum Gasteiger partial charge on any atom is 0.209 e. The average Bonchev–Trinajstić information content (AvgIpc) is 2.45. The van der Waals surface area contributed by atoms with Gasteiger partial charge in [-0.3, -0.25) is 4.90 Å². The van der Waals surface area contributed by atoms with Crippen LogP contribution in [0.2, 0.25) is 0 Å². The molecule has 1 heterocycles. The lowest BCUT2D eigenvalue weighted by atomic mass is 10.1. The summed E-state index contributed by atoms with van der Waals surface area (Å²) in [5, 5.41) is 8.50. The van der Waals surface area contributed by atoms with E-state index in [1.54, 1.807) is 6.07 Å². The van der Waals surface area contributed by atoms with Gasteiger partial charge in [0.25, 0.3) is 0 Å². The molecular weight excluding hydrogens is 155 g/mol. The summed E-state index contributed by atoms with van der Waals surface area (Å²) in [5.41, 5.74) is -1.60. The van der Waals surface area contributed by atoms with E-state index in [0.29, 0.717) is 13.0 Å². The van der Waals surface area contributed by atoms with Crippen molar-refractivity contribution in [2.75, 3.05) is 19.6 Å². The minimum absolute atomic E-state index is 0.258. The Morgan fingerprint density at radius 3 is 3.00 bits per heavy atom. The van der Waals surface area contributed by atoms with Crippen LogP contribution in [0.15, 0.2) is 12.2 Å². The number of nitriles is 1. The molecule has 1 saturated heterocycles. The van der Waals surface area contributed by atoms with E-state index in [0.717, 1.165) is 6.54 Å². The predicted octanol–water partition coefficient (Wildman–Crippen LogP) is 1.50. The highest BCUT2D eigenvalue weighted by atomic mass is 19.1. The zero-order chi connectivity index (χ0) is 9.03. The van der Waals surface area contributed by atoms with Gasteiger partial charge >= 0.3 is 0 Å². The van der Waals surface area contributed by atoms with Gasteiger partial charge in [0.2, 0.25) is 5.67 Å². The minimum atomic E-state index is -1.60. The number of allylic oxidation sites excluding steroid dienone is 1. The molecule has 0 aliphatic carbocycles. The van der Waals surface area contributed by atoms with E-state index in [1.165, 1.54) is 0 Å². The Hall–Kier alpha value is -0.880. The number of halogens is 1. The molecule has 12 heavy (non-hydrogen) atoms. The molecule has 1 aliphatic heterocycles. The third kappa shape index (κ3) is 2.05. The minimum Gasteiger partial charge on any atom is -0.295 e. The van der Waals surface area contributed by atoms with Crippen molar-refractivity contribution in [3.63, 3.8) is 0 Å². The Morgan fingerprint density at radius 1 is 1.75 bits per heavy atom. The fourth-order valence-corrected chi connectivity index (χ4v) is 1.35. The molecule has 1 unspecified atom stereocenters. The summed E-state index contributed by atoms with van der Waals surface area (Å²) in [6, 6.07) is 1.71. The molecule has 0 aromatic carbocycles. The third-order valence-corrected chi connectivity index (χ3v) is 2.10. The summed E-state index contributed by atoms with van der Waals surface area (Å²) in [6.45, 7) is 3.63. The maximum atomic E-state index is 13.3. The molecule has 3 heteroatoms. The molecule has 1 aliphatic rings. The highest BCUT2D eigenvalue weighted by Crippen LogP contribution is 2.24. The first-order valence-corrected chi connectivity index (χ1v) is 4.14. The molecule has 0 aromatic heterocycles. The van der Waals surface area contributed by atoms with Crippen LogP contribution < -0.4 is 0 Å². The van der Waals surface area contributed by atoms with E-state index in [-0.39, 0.29) is 6.54 Å². The van der Waals surface area contributed by atoms with Crippen LogP contribution in [0, 0.1) is 11.3 Å². The molecule has 1 rings (SSSR count). The largest absolute Gasteiger partial charge is 0.295 e. The van der Waals surface area contributed by atoms with E-state index in [1.807, 2.05) is 24.0 Å². The van der Waals surface area contributed by atoms with Crippen molar-refractivity contribution in [3.05, 3.63) is 12.2 Å². The first kappa shape index (κ1) is 9.21. The second kappa shape index (κ2) is 3.68. The van der Waals surface area contributed by atoms with Crippen molar-refractivity contribution in [1.82, 2.24) is 4.90 Å². The first-order valence-electron chi connectivity index (χ1n) is 4.14. The van der Waals surface area contributed by atoms with Gasteiger partial charge < -0.3 is 0 Å². The van der Waals surface area contributed by atoms with Gasteiger partial charge in [0.05, 0.1) is 0 Å².